The predicted molar refractivity (Wildman–Crippen MR) is 122 cm³/mol. The van der Waals surface area contributed by atoms with Crippen molar-refractivity contribution in [1.82, 2.24) is 0 Å². The van der Waals surface area contributed by atoms with Crippen molar-refractivity contribution in [3.05, 3.63) is 121 Å². The highest BCUT2D eigenvalue weighted by molar-refractivity contribution is 7.75. The molecule has 1 radical (unpaired) electrons. The van der Waals surface area contributed by atoms with Crippen LogP contribution in [0.1, 0.15) is 0 Å². The molecule has 0 bridgehead atoms. The first-order chi connectivity index (χ1) is 13.4. The Balaban J connectivity index is 1.77. The maximum absolute atomic E-state index is 2.31. The van der Waals surface area contributed by atoms with Crippen molar-refractivity contribution in [2.75, 3.05) is 5.79 Å². The fraction of sp³-hybridized carbons (Fsp3) is 0.0400. The Morgan fingerprint density at radius 3 is 1.15 bits per heavy atom. The van der Waals surface area contributed by atoms with Gasteiger partial charge in [0.1, 0.15) is 8.80 Å². The van der Waals surface area contributed by atoms with Crippen LogP contribution in [0.3, 0.4) is 0 Å². The summed E-state index contributed by atoms with van der Waals surface area (Å²) >= 11 is 0. The molecule has 2 heteroatoms. The summed E-state index contributed by atoms with van der Waals surface area (Å²) in [5, 5.41) is 5.92. The molecule has 0 aliphatic rings. The second kappa shape index (κ2) is 8.95. The lowest BCUT2D eigenvalue weighted by molar-refractivity contribution is 1.70. The highest BCUT2D eigenvalue weighted by Gasteiger charge is 2.24. The van der Waals surface area contributed by atoms with Gasteiger partial charge in [0, 0.05) is 0 Å². The Bertz CT molecular complexity index is 780. The molecule has 4 aromatic carbocycles. The van der Waals surface area contributed by atoms with Crippen LogP contribution in [0.15, 0.2) is 121 Å². The quantitative estimate of drug-likeness (QED) is 0.350. The predicted octanol–water partition coefficient (Wildman–Crippen LogP) is 3.97. The van der Waals surface area contributed by atoms with Crippen molar-refractivity contribution < 1.29 is 0 Å². The summed E-state index contributed by atoms with van der Waals surface area (Å²) in [4.78, 5) is 0. The molecule has 4 aromatic rings. The maximum Gasteiger partial charge on any atom is 0.126 e. The molecule has 0 saturated heterocycles. The third kappa shape index (κ3) is 4.44. The Hall–Kier alpha value is -2.47. The minimum atomic E-state index is -0.864. The minimum Gasteiger partial charge on any atom is -0.0628 e. The summed E-state index contributed by atoms with van der Waals surface area (Å²) in [5.41, 5.74) is 0. The highest BCUT2D eigenvalue weighted by Crippen LogP contribution is 2.33. The molecule has 0 amide bonds. The SMILES string of the molecule is c1ccc([Si](CP(c2ccccc2)c2ccccc2)c2ccccc2)cc1. The van der Waals surface area contributed by atoms with E-state index in [0.717, 1.165) is 0 Å². The van der Waals surface area contributed by atoms with Gasteiger partial charge in [0.25, 0.3) is 0 Å². The average Bonchev–Trinajstić information content (AvgIpc) is 2.77. The lowest BCUT2D eigenvalue weighted by Crippen LogP contribution is -2.46. The Morgan fingerprint density at radius 2 is 0.778 bits per heavy atom. The molecule has 0 aromatic heterocycles. The zero-order chi connectivity index (χ0) is 18.3. The van der Waals surface area contributed by atoms with E-state index in [-0.39, 0.29) is 0 Å². The van der Waals surface area contributed by atoms with Gasteiger partial charge in [-0.25, -0.2) is 0 Å². The highest BCUT2D eigenvalue weighted by atomic mass is 31.1. The molecule has 0 N–H and O–H groups in total. The molecule has 4 rings (SSSR count). The molecule has 131 valence electrons. The van der Waals surface area contributed by atoms with Crippen LogP contribution in [0.5, 0.6) is 0 Å². The molecule has 0 aliphatic carbocycles. The van der Waals surface area contributed by atoms with E-state index in [1.165, 1.54) is 26.8 Å². The monoisotopic (exact) mass is 381 g/mol. The van der Waals surface area contributed by atoms with Crippen LogP contribution in [0.4, 0.5) is 0 Å². The van der Waals surface area contributed by atoms with Crippen molar-refractivity contribution in [1.29, 1.82) is 0 Å². The van der Waals surface area contributed by atoms with Crippen LogP contribution < -0.4 is 21.0 Å². The molecule has 0 aliphatic heterocycles. The first-order valence-corrected chi connectivity index (χ1v) is 12.5. The molecule has 0 unspecified atom stereocenters. The zero-order valence-corrected chi connectivity index (χ0v) is 17.1. The van der Waals surface area contributed by atoms with E-state index in [1.807, 2.05) is 0 Å². The van der Waals surface area contributed by atoms with E-state index in [4.69, 9.17) is 0 Å². The van der Waals surface area contributed by atoms with E-state index in [0.29, 0.717) is 0 Å². The van der Waals surface area contributed by atoms with Gasteiger partial charge in [0.05, 0.1) is 0 Å². The number of rotatable bonds is 6. The normalized spacial score (nSPS) is 11.0. The number of benzene rings is 4. The molecule has 0 heterocycles. The Morgan fingerprint density at radius 1 is 0.444 bits per heavy atom. The van der Waals surface area contributed by atoms with Crippen LogP contribution in [-0.2, 0) is 0 Å². The van der Waals surface area contributed by atoms with Gasteiger partial charge in [0.15, 0.2) is 0 Å². The summed E-state index contributed by atoms with van der Waals surface area (Å²) in [5.74, 6) is 1.21. The second-order valence-corrected chi connectivity index (χ2v) is 11.7. The van der Waals surface area contributed by atoms with Crippen molar-refractivity contribution >= 4 is 37.7 Å². The van der Waals surface area contributed by atoms with E-state index in [1.54, 1.807) is 0 Å². The Labute approximate surface area is 164 Å². The van der Waals surface area contributed by atoms with Gasteiger partial charge in [0.2, 0.25) is 0 Å². The fourth-order valence-electron chi connectivity index (χ4n) is 3.33. The van der Waals surface area contributed by atoms with Gasteiger partial charge in [-0.3, -0.25) is 0 Å². The summed E-state index contributed by atoms with van der Waals surface area (Å²) in [6.45, 7) is 0. The summed E-state index contributed by atoms with van der Waals surface area (Å²) in [7, 11) is -1.26. The maximum atomic E-state index is 2.31. The number of hydrogen-bond acceptors (Lipinski definition) is 0. The van der Waals surface area contributed by atoms with Crippen molar-refractivity contribution in [3.63, 3.8) is 0 Å². The van der Waals surface area contributed by atoms with Crippen molar-refractivity contribution in [3.8, 4) is 0 Å². The average molecular weight is 382 g/mol. The lowest BCUT2D eigenvalue weighted by atomic mass is 10.4. The molecular formula is C25H22PSi. The fourth-order valence-corrected chi connectivity index (χ4v) is 10.4. The van der Waals surface area contributed by atoms with Crippen LogP contribution in [0.25, 0.3) is 0 Å². The lowest BCUT2D eigenvalue weighted by Gasteiger charge is -2.24. The van der Waals surface area contributed by atoms with E-state index in [9.17, 15) is 0 Å². The third-order valence-electron chi connectivity index (χ3n) is 4.70. The summed E-state index contributed by atoms with van der Waals surface area (Å²) < 4.78 is 0. The molecule has 27 heavy (non-hydrogen) atoms. The summed E-state index contributed by atoms with van der Waals surface area (Å²) in [6, 6.07) is 44.3. The molecule has 0 atom stereocenters. The smallest absolute Gasteiger partial charge is 0.0628 e. The first-order valence-electron chi connectivity index (χ1n) is 9.26. The van der Waals surface area contributed by atoms with Gasteiger partial charge in [-0.05, 0) is 24.3 Å². The number of hydrogen-bond donors (Lipinski definition) is 0. The molecule has 0 spiro atoms. The van der Waals surface area contributed by atoms with Gasteiger partial charge in [-0.2, -0.15) is 0 Å². The molecule has 0 nitrogen and oxygen atoms in total. The molecule has 0 saturated carbocycles. The van der Waals surface area contributed by atoms with Crippen molar-refractivity contribution in [2.24, 2.45) is 0 Å². The zero-order valence-electron chi connectivity index (χ0n) is 15.2. The van der Waals surface area contributed by atoms with Crippen LogP contribution in [-0.4, -0.2) is 14.6 Å². The van der Waals surface area contributed by atoms with Crippen molar-refractivity contribution in [2.45, 2.75) is 0 Å². The van der Waals surface area contributed by atoms with E-state index < -0.39 is 16.7 Å². The second-order valence-electron chi connectivity index (χ2n) is 6.47. The van der Waals surface area contributed by atoms with Crippen LogP contribution in [0, 0.1) is 0 Å². The van der Waals surface area contributed by atoms with E-state index in [2.05, 4.69) is 121 Å². The standard InChI is InChI=1S/C25H22PSi/c1-5-13-22(14-6-1)26(23-15-7-2-8-16-23)21-27(24-17-9-3-10-18-24)25-19-11-4-12-20-25/h1-20H,21H2. The Kier molecular flexibility index (Phi) is 5.94. The molecule has 0 fully saturated rings. The van der Waals surface area contributed by atoms with Crippen LogP contribution in [0.2, 0.25) is 0 Å². The summed E-state index contributed by atoms with van der Waals surface area (Å²) in [6.07, 6.45) is 0. The largest absolute Gasteiger partial charge is 0.126 e. The third-order valence-corrected chi connectivity index (χ3v) is 11.1. The minimum absolute atomic E-state index is 0.392. The van der Waals surface area contributed by atoms with Gasteiger partial charge in [-0.15, -0.1) is 0 Å². The van der Waals surface area contributed by atoms with Gasteiger partial charge < -0.3 is 0 Å². The first kappa shape index (κ1) is 17.9. The van der Waals surface area contributed by atoms with Gasteiger partial charge >= 0.3 is 0 Å². The van der Waals surface area contributed by atoms with Gasteiger partial charge in [-0.1, -0.05) is 132 Å². The van der Waals surface area contributed by atoms with E-state index >= 15 is 0 Å². The topological polar surface area (TPSA) is 0 Å². The molecular weight excluding hydrogens is 359 g/mol. The van der Waals surface area contributed by atoms with Crippen LogP contribution >= 0.6 is 7.92 Å².